The van der Waals surface area contributed by atoms with Crippen LogP contribution in [-0.4, -0.2) is 19.2 Å². The third kappa shape index (κ3) is 4.98. The van der Waals surface area contributed by atoms with Gasteiger partial charge in [0.05, 0.1) is 13.2 Å². The van der Waals surface area contributed by atoms with Gasteiger partial charge in [0, 0.05) is 12.3 Å². The number of nitrogens with two attached hydrogens (primary N) is 1. The second-order valence-corrected chi connectivity index (χ2v) is 4.51. The van der Waals surface area contributed by atoms with Crippen LogP contribution in [0.1, 0.15) is 37.3 Å². The Labute approximate surface area is 113 Å². The zero-order valence-electron chi connectivity index (χ0n) is 11.6. The maximum Gasteiger partial charge on any atom is 0.305 e. The molecule has 5 heteroatoms. The Hall–Kier alpha value is -1.43. The highest BCUT2D eigenvalue weighted by atomic mass is 17.3. The van der Waals surface area contributed by atoms with Crippen LogP contribution in [0.2, 0.25) is 0 Å². The number of aryl methyl sites for hydroxylation is 1. The van der Waals surface area contributed by atoms with Crippen LogP contribution in [-0.2, 0) is 25.8 Å². The highest BCUT2D eigenvalue weighted by molar-refractivity contribution is 5.69. The van der Waals surface area contributed by atoms with Crippen molar-refractivity contribution in [1.29, 1.82) is 0 Å². The molecule has 0 aliphatic carbocycles. The topological polar surface area (TPSA) is 70.8 Å². The fourth-order valence-electron chi connectivity index (χ4n) is 1.82. The van der Waals surface area contributed by atoms with E-state index in [0.29, 0.717) is 12.8 Å². The lowest BCUT2D eigenvalue weighted by Crippen LogP contribution is -2.19. The normalized spacial score (nSPS) is 13.9. The smallest absolute Gasteiger partial charge is 0.305 e. The lowest BCUT2D eigenvalue weighted by atomic mass is 9.94. The minimum atomic E-state index is -0.202. The molecule has 1 aromatic rings. The van der Waals surface area contributed by atoms with Crippen molar-refractivity contribution in [3.8, 4) is 0 Å². The van der Waals surface area contributed by atoms with Crippen LogP contribution >= 0.6 is 0 Å². The molecular formula is C14H21NO4. The SMILES string of the molecule is COC(=O)CCc1cccc(C(C)C(C)OON)c1. The molecule has 0 bridgehead atoms. The fourth-order valence-corrected chi connectivity index (χ4v) is 1.82. The van der Waals surface area contributed by atoms with Crippen LogP contribution in [0.5, 0.6) is 0 Å². The molecule has 19 heavy (non-hydrogen) atoms. The van der Waals surface area contributed by atoms with E-state index in [1.807, 2.05) is 32.0 Å². The molecule has 0 saturated carbocycles. The van der Waals surface area contributed by atoms with Crippen molar-refractivity contribution in [2.75, 3.05) is 7.11 Å². The van der Waals surface area contributed by atoms with Gasteiger partial charge in [0.25, 0.3) is 0 Å². The Kier molecular flexibility index (Phi) is 6.49. The van der Waals surface area contributed by atoms with Gasteiger partial charge in [-0.2, -0.15) is 5.90 Å². The summed E-state index contributed by atoms with van der Waals surface area (Å²) in [5, 5.41) is 0. The Morgan fingerprint density at radius 3 is 2.74 bits per heavy atom. The zero-order valence-corrected chi connectivity index (χ0v) is 11.6. The van der Waals surface area contributed by atoms with E-state index in [-0.39, 0.29) is 18.0 Å². The molecule has 2 unspecified atom stereocenters. The summed E-state index contributed by atoms with van der Waals surface area (Å²) < 4.78 is 4.63. The van der Waals surface area contributed by atoms with Crippen LogP contribution in [0.4, 0.5) is 0 Å². The molecule has 0 aliphatic heterocycles. The molecule has 2 N–H and O–H groups in total. The van der Waals surface area contributed by atoms with Crippen molar-refractivity contribution in [2.24, 2.45) is 5.90 Å². The molecule has 106 valence electrons. The van der Waals surface area contributed by atoms with Gasteiger partial charge in [0.15, 0.2) is 0 Å². The monoisotopic (exact) mass is 267 g/mol. The number of ether oxygens (including phenoxy) is 1. The van der Waals surface area contributed by atoms with E-state index in [0.717, 1.165) is 11.1 Å². The summed E-state index contributed by atoms with van der Waals surface area (Å²) in [5.74, 6) is 4.84. The zero-order chi connectivity index (χ0) is 14.3. The quantitative estimate of drug-likeness (QED) is 0.465. The van der Waals surface area contributed by atoms with Gasteiger partial charge in [0.1, 0.15) is 0 Å². The summed E-state index contributed by atoms with van der Waals surface area (Å²) in [7, 11) is 1.40. The average molecular weight is 267 g/mol. The van der Waals surface area contributed by atoms with E-state index in [4.69, 9.17) is 10.8 Å². The molecule has 0 radical (unpaired) electrons. The fraction of sp³-hybridized carbons (Fsp3) is 0.500. The van der Waals surface area contributed by atoms with Crippen molar-refractivity contribution in [3.05, 3.63) is 35.4 Å². The van der Waals surface area contributed by atoms with E-state index in [1.165, 1.54) is 7.11 Å². The van der Waals surface area contributed by atoms with E-state index in [2.05, 4.69) is 15.8 Å². The Bertz CT molecular complexity index is 408. The summed E-state index contributed by atoms with van der Waals surface area (Å²) >= 11 is 0. The predicted molar refractivity (Wildman–Crippen MR) is 71.0 cm³/mol. The summed E-state index contributed by atoms with van der Waals surface area (Å²) in [6.45, 7) is 3.92. The standard InChI is InChI=1S/C14H21NO4/c1-10(11(2)18-19-15)13-6-4-5-12(9-13)7-8-14(16)17-3/h4-6,9-11H,7-8,15H2,1-3H3. The van der Waals surface area contributed by atoms with Gasteiger partial charge >= 0.3 is 5.97 Å². The molecule has 0 spiro atoms. The van der Waals surface area contributed by atoms with E-state index < -0.39 is 0 Å². The number of carbonyl (C=O) groups excluding carboxylic acids is 1. The van der Waals surface area contributed by atoms with E-state index in [9.17, 15) is 4.79 Å². The van der Waals surface area contributed by atoms with E-state index >= 15 is 0 Å². The van der Waals surface area contributed by atoms with Crippen LogP contribution in [0.25, 0.3) is 0 Å². The lowest BCUT2D eigenvalue weighted by molar-refractivity contribution is -0.328. The first-order chi connectivity index (χ1) is 9.08. The molecule has 0 aliphatic rings. The number of benzene rings is 1. The van der Waals surface area contributed by atoms with Gasteiger partial charge in [-0.05, 0) is 24.5 Å². The van der Waals surface area contributed by atoms with Crippen molar-refractivity contribution in [3.63, 3.8) is 0 Å². The van der Waals surface area contributed by atoms with Crippen molar-refractivity contribution in [1.82, 2.24) is 0 Å². The molecule has 0 saturated heterocycles. The predicted octanol–water partition coefficient (Wildman–Crippen LogP) is 2.11. The molecule has 1 rings (SSSR count). The minimum absolute atomic E-state index is 0.140. The number of hydrogen-bond donors (Lipinski definition) is 1. The van der Waals surface area contributed by atoms with Gasteiger partial charge in [0.2, 0.25) is 0 Å². The van der Waals surface area contributed by atoms with Gasteiger partial charge in [-0.1, -0.05) is 31.2 Å². The van der Waals surface area contributed by atoms with Gasteiger partial charge in [-0.25, -0.2) is 4.89 Å². The largest absolute Gasteiger partial charge is 0.469 e. The Morgan fingerprint density at radius 1 is 1.37 bits per heavy atom. The molecule has 0 heterocycles. The van der Waals surface area contributed by atoms with Crippen molar-refractivity contribution >= 4 is 5.97 Å². The molecule has 0 fully saturated rings. The summed E-state index contributed by atoms with van der Waals surface area (Å²) in [5.41, 5.74) is 2.21. The van der Waals surface area contributed by atoms with Gasteiger partial charge in [-0.15, -0.1) is 4.99 Å². The Balaban J connectivity index is 2.68. The van der Waals surface area contributed by atoms with Crippen molar-refractivity contribution < 1.29 is 19.4 Å². The molecule has 0 aromatic heterocycles. The molecule has 5 nitrogen and oxygen atoms in total. The van der Waals surface area contributed by atoms with Crippen LogP contribution in [0.15, 0.2) is 24.3 Å². The summed E-state index contributed by atoms with van der Waals surface area (Å²) in [4.78, 5) is 20.3. The number of rotatable bonds is 7. The average Bonchev–Trinajstić information content (AvgIpc) is 2.44. The highest BCUT2D eigenvalue weighted by Gasteiger charge is 2.16. The highest BCUT2D eigenvalue weighted by Crippen LogP contribution is 2.22. The molecule has 1 aromatic carbocycles. The summed E-state index contributed by atoms with van der Waals surface area (Å²) in [6.07, 6.45) is 0.892. The van der Waals surface area contributed by atoms with Gasteiger partial charge in [-0.3, -0.25) is 4.79 Å². The first-order valence-corrected chi connectivity index (χ1v) is 6.26. The first-order valence-electron chi connectivity index (χ1n) is 6.26. The molecule has 0 amide bonds. The van der Waals surface area contributed by atoms with E-state index in [1.54, 1.807) is 0 Å². The number of esters is 1. The lowest BCUT2D eigenvalue weighted by Gasteiger charge is -2.18. The second-order valence-electron chi connectivity index (χ2n) is 4.51. The minimum Gasteiger partial charge on any atom is -0.469 e. The second kappa shape index (κ2) is 7.89. The maximum absolute atomic E-state index is 11.1. The van der Waals surface area contributed by atoms with Gasteiger partial charge < -0.3 is 4.74 Å². The number of hydrogen-bond acceptors (Lipinski definition) is 5. The van der Waals surface area contributed by atoms with Crippen LogP contribution < -0.4 is 5.90 Å². The molecular weight excluding hydrogens is 246 g/mol. The number of carbonyl (C=O) groups is 1. The maximum atomic E-state index is 11.1. The molecule has 2 atom stereocenters. The number of methoxy groups -OCH3 is 1. The van der Waals surface area contributed by atoms with Crippen LogP contribution in [0, 0.1) is 0 Å². The third-order valence-corrected chi connectivity index (χ3v) is 3.23. The van der Waals surface area contributed by atoms with Crippen LogP contribution in [0.3, 0.4) is 0 Å². The van der Waals surface area contributed by atoms with Crippen molar-refractivity contribution in [2.45, 2.75) is 38.7 Å². The Morgan fingerprint density at radius 2 is 2.11 bits per heavy atom. The first kappa shape index (κ1) is 15.6. The third-order valence-electron chi connectivity index (χ3n) is 3.23. The summed E-state index contributed by atoms with van der Waals surface area (Å²) in [6, 6.07) is 8.03.